The third-order valence-electron chi connectivity index (χ3n) is 1.89. The van der Waals surface area contributed by atoms with E-state index in [-0.39, 0.29) is 19.4 Å². The van der Waals surface area contributed by atoms with Gasteiger partial charge in [0.25, 0.3) is 0 Å². The minimum atomic E-state index is -2.92. The number of hydrogen-bond acceptors (Lipinski definition) is 1. The van der Waals surface area contributed by atoms with E-state index in [1.165, 1.54) is 6.92 Å². The Kier molecular flexibility index (Phi) is 2.11. The highest BCUT2D eigenvalue weighted by Crippen LogP contribution is 2.28. The maximum atomic E-state index is 12.8. The van der Waals surface area contributed by atoms with E-state index < -0.39 is 12.0 Å². The number of nitrogens with zero attached hydrogens (tertiary/aromatic N) is 1. The van der Waals surface area contributed by atoms with E-state index >= 15 is 0 Å². The van der Waals surface area contributed by atoms with Crippen LogP contribution in [0.5, 0.6) is 0 Å². The molecular formula is C7H11F2NO. The first-order chi connectivity index (χ1) is 5.08. The quantitative estimate of drug-likeness (QED) is 0.566. The highest BCUT2D eigenvalue weighted by molar-refractivity contribution is 5.78. The molecule has 1 fully saturated rings. The molecular weight excluding hydrogens is 152 g/mol. The van der Waals surface area contributed by atoms with Crippen LogP contribution in [0.25, 0.3) is 0 Å². The van der Waals surface area contributed by atoms with Gasteiger partial charge in [0.2, 0.25) is 5.91 Å². The molecule has 4 heteroatoms. The number of carbonyl (C=O) groups is 1. The molecule has 1 saturated heterocycles. The number of hydrogen-bond donors (Lipinski definition) is 0. The van der Waals surface area contributed by atoms with Crippen molar-refractivity contribution >= 4 is 5.91 Å². The Morgan fingerprint density at radius 2 is 2.27 bits per heavy atom. The Morgan fingerprint density at radius 1 is 1.64 bits per heavy atom. The Bertz CT molecular complexity index is 170. The van der Waals surface area contributed by atoms with Crippen LogP contribution in [0.2, 0.25) is 0 Å². The summed E-state index contributed by atoms with van der Waals surface area (Å²) in [6, 6.07) is -2.92. The van der Waals surface area contributed by atoms with Crippen LogP contribution in [0.4, 0.5) is 8.78 Å². The molecule has 1 aliphatic heterocycles. The summed E-state index contributed by atoms with van der Waals surface area (Å²) < 4.78 is 25.6. The second-order valence-corrected chi connectivity index (χ2v) is 2.67. The van der Waals surface area contributed by atoms with Crippen LogP contribution in [-0.4, -0.2) is 23.4 Å². The first-order valence-electron chi connectivity index (χ1n) is 3.76. The van der Waals surface area contributed by atoms with Gasteiger partial charge in [-0.3, -0.25) is 9.69 Å². The topological polar surface area (TPSA) is 20.3 Å². The molecule has 0 aromatic carbocycles. The summed E-state index contributed by atoms with van der Waals surface area (Å²) in [6.07, 6.45) is 0.544. The average molecular weight is 163 g/mol. The molecule has 0 radical (unpaired) electrons. The number of alkyl halides is 2. The van der Waals surface area contributed by atoms with Crippen molar-refractivity contribution in [1.29, 1.82) is 0 Å². The lowest BCUT2D eigenvalue weighted by molar-refractivity contribution is -0.167. The van der Waals surface area contributed by atoms with Crippen LogP contribution < -0.4 is 0 Å². The molecule has 1 amide bonds. The van der Waals surface area contributed by atoms with Crippen molar-refractivity contribution in [1.82, 2.24) is 4.90 Å². The molecule has 2 nitrogen and oxygen atoms in total. The normalized spacial score (nSPS) is 19.5. The fourth-order valence-corrected chi connectivity index (χ4v) is 1.18. The van der Waals surface area contributed by atoms with Crippen LogP contribution in [0, 0.1) is 0 Å². The summed E-state index contributed by atoms with van der Waals surface area (Å²) >= 11 is 0. The predicted molar refractivity (Wildman–Crippen MR) is 36.2 cm³/mol. The Labute approximate surface area is 64.2 Å². The molecule has 0 saturated carbocycles. The summed E-state index contributed by atoms with van der Waals surface area (Å²) in [5.74, 6) is -0.420. The third-order valence-corrected chi connectivity index (χ3v) is 1.89. The van der Waals surface area contributed by atoms with Crippen molar-refractivity contribution in [3.05, 3.63) is 0 Å². The molecule has 0 bridgehead atoms. The van der Waals surface area contributed by atoms with Crippen LogP contribution in [0.3, 0.4) is 0 Å². The molecule has 0 aromatic heterocycles. The van der Waals surface area contributed by atoms with Gasteiger partial charge < -0.3 is 0 Å². The molecule has 0 N–H and O–H groups in total. The zero-order chi connectivity index (χ0) is 8.48. The highest BCUT2D eigenvalue weighted by Gasteiger charge is 2.40. The van der Waals surface area contributed by atoms with Gasteiger partial charge in [0.15, 0.2) is 0 Å². The van der Waals surface area contributed by atoms with Gasteiger partial charge in [-0.25, -0.2) is 0 Å². The minimum Gasteiger partial charge on any atom is -0.284 e. The lowest BCUT2D eigenvalue weighted by Gasteiger charge is -2.25. The highest BCUT2D eigenvalue weighted by atomic mass is 19.3. The molecule has 1 heterocycles. The predicted octanol–water partition coefficient (Wildman–Crippen LogP) is 1.61. The number of amides is 1. The number of likely N-dealkylation sites (tertiary alicyclic amines) is 1. The molecule has 64 valence electrons. The maximum absolute atomic E-state index is 12.8. The van der Waals surface area contributed by atoms with Crippen molar-refractivity contribution in [2.45, 2.75) is 32.2 Å². The fourth-order valence-electron chi connectivity index (χ4n) is 1.18. The molecule has 1 rings (SSSR count). The SMILES string of the molecule is CCC(F)(F)N1CCCC1=O. The smallest absolute Gasteiger partial charge is 0.284 e. The lowest BCUT2D eigenvalue weighted by atomic mass is 10.3. The third kappa shape index (κ3) is 1.49. The summed E-state index contributed by atoms with van der Waals surface area (Å²) in [5.41, 5.74) is 0. The lowest BCUT2D eigenvalue weighted by Crippen LogP contribution is -2.41. The largest absolute Gasteiger partial charge is 0.327 e. The van der Waals surface area contributed by atoms with E-state index in [1.54, 1.807) is 0 Å². The van der Waals surface area contributed by atoms with Gasteiger partial charge in [-0.1, -0.05) is 6.92 Å². The fraction of sp³-hybridized carbons (Fsp3) is 0.857. The number of carbonyl (C=O) groups excluding carboxylic acids is 1. The van der Waals surface area contributed by atoms with Crippen molar-refractivity contribution in [3.63, 3.8) is 0 Å². The van der Waals surface area contributed by atoms with E-state index in [4.69, 9.17) is 0 Å². The first-order valence-corrected chi connectivity index (χ1v) is 3.76. The van der Waals surface area contributed by atoms with E-state index in [0.717, 1.165) is 0 Å². The van der Waals surface area contributed by atoms with Crippen molar-refractivity contribution in [2.75, 3.05) is 6.54 Å². The van der Waals surface area contributed by atoms with Crippen molar-refractivity contribution in [3.8, 4) is 0 Å². The van der Waals surface area contributed by atoms with Crippen LogP contribution in [-0.2, 0) is 4.79 Å². The second kappa shape index (κ2) is 2.75. The summed E-state index contributed by atoms with van der Waals surface area (Å²) in [7, 11) is 0. The van der Waals surface area contributed by atoms with Crippen LogP contribution >= 0.6 is 0 Å². The van der Waals surface area contributed by atoms with Gasteiger partial charge in [-0.15, -0.1) is 0 Å². The number of halogens is 2. The van der Waals surface area contributed by atoms with Gasteiger partial charge in [0, 0.05) is 19.4 Å². The number of rotatable bonds is 2. The van der Waals surface area contributed by atoms with E-state index in [0.29, 0.717) is 11.3 Å². The monoisotopic (exact) mass is 163 g/mol. The van der Waals surface area contributed by atoms with Gasteiger partial charge >= 0.3 is 6.05 Å². The van der Waals surface area contributed by atoms with Gasteiger partial charge in [0.1, 0.15) is 0 Å². The summed E-state index contributed by atoms with van der Waals surface area (Å²) in [5, 5.41) is 0. The average Bonchev–Trinajstić information content (AvgIpc) is 2.36. The molecule has 0 unspecified atom stereocenters. The van der Waals surface area contributed by atoms with E-state index in [1.807, 2.05) is 0 Å². The summed E-state index contributed by atoms with van der Waals surface area (Å²) in [6.45, 7) is 1.59. The van der Waals surface area contributed by atoms with E-state index in [9.17, 15) is 13.6 Å². The molecule has 0 aromatic rings. The molecule has 0 aliphatic carbocycles. The van der Waals surface area contributed by atoms with Crippen LogP contribution in [0.1, 0.15) is 26.2 Å². The van der Waals surface area contributed by atoms with Crippen molar-refractivity contribution in [2.24, 2.45) is 0 Å². The molecule has 0 atom stereocenters. The Morgan fingerprint density at radius 3 is 2.64 bits per heavy atom. The second-order valence-electron chi connectivity index (χ2n) is 2.67. The van der Waals surface area contributed by atoms with Gasteiger partial charge in [-0.05, 0) is 6.42 Å². The standard InChI is InChI=1S/C7H11F2NO/c1-2-7(8,9)10-5-3-4-6(10)11/h2-5H2,1H3. The van der Waals surface area contributed by atoms with Gasteiger partial charge in [-0.2, -0.15) is 8.78 Å². The maximum Gasteiger partial charge on any atom is 0.327 e. The summed E-state index contributed by atoms with van der Waals surface area (Å²) in [4.78, 5) is 11.5. The molecule has 11 heavy (non-hydrogen) atoms. The first kappa shape index (κ1) is 8.43. The Hall–Kier alpha value is -0.670. The van der Waals surface area contributed by atoms with Crippen LogP contribution in [0.15, 0.2) is 0 Å². The zero-order valence-electron chi connectivity index (χ0n) is 6.44. The molecule has 0 spiro atoms. The van der Waals surface area contributed by atoms with Crippen molar-refractivity contribution < 1.29 is 13.6 Å². The molecule has 1 aliphatic rings. The zero-order valence-corrected chi connectivity index (χ0v) is 6.44. The van der Waals surface area contributed by atoms with E-state index in [2.05, 4.69) is 0 Å². The Balaban J connectivity index is 2.65. The van der Waals surface area contributed by atoms with Gasteiger partial charge in [0.05, 0.1) is 0 Å². The minimum absolute atomic E-state index is 0.208.